The van der Waals surface area contributed by atoms with Crippen molar-refractivity contribution in [1.82, 2.24) is 14.8 Å². The summed E-state index contributed by atoms with van der Waals surface area (Å²) < 4.78 is 6.99. The minimum absolute atomic E-state index is 0.0952. The number of hydrogen-bond acceptors (Lipinski definition) is 3. The van der Waals surface area contributed by atoms with Gasteiger partial charge in [-0.15, -0.1) is 0 Å². The average molecular weight is 289 g/mol. The van der Waals surface area contributed by atoms with Crippen LogP contribution in [0.5, 0.6) is 0 Å². The van der Waals surface area contributed by atoms with Gasteiger partial charge in [0.1, 0.15) is 6.54 Å². The van der Waals surface area contributed by atoms with E-state index >= 15 is 0 Å². The molecular formula is C16H23N3O2. The summed E-state index contributed by atoms with van der Waals surface area (Å²) in [5.74, 6) is 0.0952. The Labute approximate surface area is 125 Å². The molecule has 114 valence electrons. The minimum Gasteiger partial charge on any atom is -0.383 e. The molecular weight excluding hydrogens is 266 g/mol. The fraction of sp³-hybridized carbons (Fsp3) is 0.438. The molecule has 0 bridgehead atoms. The van der Waals surface area contributed by atoms with Crippen LogP contribution in [0, 0.1) is 0 Å². The molecule has 5 heteroatoms. The van der Waals surface area contributed by atoms with Gasteiger partial charge in [-0.25, -0.2) is 0 Å². The Bertz CT molecular complexity index is 605. The van der Waals surface area contributed by atoms with Gasteiger partial charge < -0.3 is 19.5 Å². The molecule has 0 aliphatic rings. The average Bonchev–Trinajstić information content (AvgIpc) is 2.86. The van der Waals surface area contributed by atoms with E-state index in [9.17, 15) is 4.79 Å². The first-order valence-electron chi connectivity index (χ1n) is 7.09. The zero-order chi connectivity index (χ0) is 15.2. The van der Waals surface area contributed by atoms with E-state index in [1.807, 2.05) is 10.8 Å². The molecule has 0 fully saturated rings. The van der Waals surface area contributed by atoms with Crippen molar-refractivity contribution < 1.29 is 9.53 Å². The fourth-order valence-corrected chi connectivity index (χ4v) is 2.19. The van der Waals surface area contributed by atoms with Crippen LogP contribution in [0.2, 0.25) is 0 Å². The predicted molar refractivity (Wildman–Crippen MR) is 84.2 cm³/mol. The van der Waals surface area contributed by atoms with E-state index in [-0.39, 0.29) is 5.91 Å². The maximum absolute atomic E-state index is 11.8. The molecule has 0 aliphatic heterocycles. The molecule has 21 heavy (non-hydrogen) atoms. The lowest BCUT2D eigenvalue weighted by Gasteiger charge is -2.12. The number of nitrogens with one attached hydrogen (secondary N) is 1. The Morgan fingerprint density at radius 2 is 2.14 bits per heavy atom. The van der Waals surface area contributed by atoms with Crippen molar-refractivity contribution >= 4 is 16.8 Å². The monoisotopic (exact) mass is 289 g/mol. The molecule has 0 atom stereocenters. The van der Waals surface area contributed by atoms with E-state index in [1.54, 1.807) is 26.1 Å². The van der Waals surface area contributed by atoms with E-state index in [4.69, 9.17) is 4.74 Å². The zero-order valence-corrected chi connectivity index (χ0v) is 12.9. The van der Waals surface area contributed by atoms with Crippen molar-refractivity contribution in [2.45, 2.75) is 13.1 Å². The highest BCUT2D eigenvalue weighted by atomic mass is 16.5. The van der Waals surface area contributed by atoms with Crippen molar-refractivity contribution in [2.24, 2.45) is 0 Å². The van der Waals surface area contributed by atoms with Crippen LogP contribution in [0.3, 0.4) is 0 Å². The molecule has 0 spiro atoms. The largest absolute Gasteiger partial charge is 0.383 e. The van der Waals surface area contributed by atoms with Gasteiger partial charge in [0.25, 0.3) is 0 Å². The van der Waals surface area contributed by atoms with Gasteiger partial charge in [-0.1, -0.05) is 6.07 Å². The second kappa shape index (κ2) is 7.24. The van der Waals surface area contributed by atoms with Gasteiger partial charge in [0.15, 0.2) is 0 Å². The number of ether oxygens (including phenoxy) is 1. The topological polar surface area (TPSA) is 46.5 Å². The number of methoxy groups -OCH3 is 1. The number of nitrogens with zero attached hydrogens (tertiary/aromatic N) is 2. The van der Waals surface area contributed by atoms with Crippen molar-refractivity contribution in [2.75, 3.05) is 34.4 Å². The highest BCUT2D eigenvalue weighted by molar-refractivity contribution is 5.83. The Hall–Kier alpha value is -1.85. The van der Waals surface area contributed by atoms with Gasteiger partial charge in [-0.2, -0.15) is 0 Å². The summed E-state index contributed by atoms with van der Waals surface area (Å²) in [4.78, 5) is 13.4. The van der Waals surface area contributed by atoms with Crippen LogP contribution in [-0.2, 0) is 22.6 Å². The second-order valence-corrected chi connectivity index (χ2v) is 5.29. The summed E-state index contributed by atoms with van der Waals surface area (Å²) in [5.41, 5.74) is 2.32. The molecule has 1 amide bonds. The van der Waals surface area contributed by atoms with Crippen LogP contribution < -0.4 is 5.32 Å². The van der Waals surface area contributed by atoms with Gasteiger partial charge in [0.2, 0.25) is 5.91 Å². The minimum atomic E-state index is 0.0952. The quantitative estimate of drug-likeness (QED) is 0.785. The molecule has 5 nitrogen and oxygen atoms in total. The maximum Gasteiger partial charge on any atom is 0.241 e. The number of aromatic nitrogens is 1. The highest BCUT2D eigenvalue weighted by Gasteiger charge is 2.08. The lowest BCUT2D eigenvalue weighted by Crippen LogP contribution is -2.25. The summed E-state index contributed by atoms with van der Waals surface area (Å²) in [7, 11) is 5.25. The summed E-state index contributed by atoms with van der Waals surface area (Å²) >= 11 is 0. The SMILES string of the molecule is COCCNCc1ccc2c(ccn2CC(=O)N(C)C)c1. The Morgan fingerprint density at radius 3 is 2.86 bits per heavy atom. The van der Waals surface area contributed by atoms with E-state index in [0.717, 1.165) is 24.0 Å². The van der Waals surface area contributed by atoms with Crippen molar-refractivity contribution in [3.8, 4) is 0 Å². The second-order valence-electron chi connectivity index (χ2n) is 5.29. The number of carbonyl (C=O) groups excluding carboxylic acids is 1. The van der Waals surface area contributed by atoms with Gasteiger partial charge >= 0.3 is 0 Å². The van der Waals surface area contributed by atoms with Crippen molar-refractivity contribution in [3.05, 3.63) is 36.0 Å². The molecule has 2 aromatic rings. The molecule has 0 saturated heterocycles. The van der Waals surface area contributed by atoms with Crippen LogP contribution >= 0.6 is 0 Å². The number of rotatable bonds is 7. The van der Waals surface area contributed by atoms with Crippen LogP contribution in [-0.4, -0.2) is 49.7 Å². The van der Waals surface area contributed by atoms with Gasteiger partial charge in [0.05, 0.1) is 6.61 Å². The normalized spacial score (nSPS) is 11.0. The first-order valence-corrected chi connectivity index (χ1v) is 7.09. The van der Waals surface area contributed by atoms with Gasteiger partial charge in [-0.05, 0) is 29.1 Å². The number of carbonyl (C=O) groups is 1. The molecule has 1 aromatic carbocycles. The molecule has 0 saturated carbocycles. The highest BCUT2D eigenvalue weighted by Crippen LogP contribution is 2.18. The van der Waals surface area contributed by atoms with Crippen LogP contribution in [0.4, 0.5) is 0 Å². The molecule has 0 radical (unpaired) electrons. The fourth-order valence-electron chi connectivity index (χ4n) is 2.19. The molecule has 1 heterocycles. The molecule has 0 unspecified atom stereocenters. The van der Waals surface area contributed by atoms with Crippen LogP contribution in [0.1, 0.15) is 5.56 Å². The Morgan fingerprint density at radius 1 is 1.33 bits per heavy atom. The molecule has 1 aromatic heterocycles. The Balaban J connectivity index is 2.06. The summed E-state index contributed by atoms with van der Waals surface area (Å²) in [6, 6.07) is 8.38. The third-order valence-electron chi connectivity index (χ3n) is 3.45. The number of hydrogen-bond donors (Lipinski definition) is 1. The van der Waals surface area contributed by atoms with E-state index in [0.29, 0.717) is 13.2 Å². The van der Waals surface area contributed by atoms with E-state index < -0.39 is 0 Å². The summed E-state index contributed by atoms with van der Waals surface area (Å²) in [6.07, 6.45) is 1.97. The maximum atomic E-state index is 11.8. The molecule has 0 aliphatic carbocycles. The lowest BCUT2D eigenvalue weighted by molar-refractivity contribution is -0.129. The first-order chi connectivity index (χ1) is 10.1. The number of amides is 1. The number of likely N-dealkylation sites (N-methyl/N-ethyl adjacent to an activating group) is 1. The third-order valence-corrected chi connectivity index (χ3v) is 3.45. The third kappa shape index (κ3) is 4.06. The molecule has 1 N–H and O–H groups in total. The molecule has 2 rings (SSSR count). The zero-order valence-electron chi connectivity index (χ0n) is 12.9. The smallest absolute Gasteiger partial charge is 0.241 e. The Kier molecular flexibility index (Phi) is 5.36. The summed E-state index contributed by atoms with van der Waals surface area (Å²) in [6.45, 7) is 2.75. The first kappa shape index (κ1) is 15.5. The predicted octanol–water partition coefficient (Wildman–Crippen LogP) is 1.47. The van der Waals surface area contributed by atoms with Crippen molar-refractivity contribution in [1.29, 1.82) is 0 Å². The van der Waals surface area contributed by atoms with Gasteiger partial charge in [0, 0.05) is 46.0 Å². The van der Waals surface area contributed by atoms with Crippen molar-refractivity contribution in [3.63, 3.8) is 0 Å². The lowest BCUT2D eigenvalue weighted by atomic mass is 10.1. The summed E-state index contributed by atoms with van der Waals surface area (Å²) in [5, 5.41) is 4.49. The van der Waals surface area contributed by atoms with Crippen LogP contribution in [0.15, 0.2) is 30.5 Å². The van der Waals surface area contributed by atoms with Gasteiger partial charge in [-0.3, -0.25) is 4.79 Å². The van der Waals surface area contributed by atoms with E-state index in [1.165, 1.54) is 5.56 Å². The van der Waals surface area contributed by atoms with E-state index in [2.05, 4.69) is 29.6 Å². The van der Waals surface area contributed by atoms with Crippen LogP contribution in [0.25, 0.3) is 10.9 Å². The standard InChI is InChI=1S/C16H23N3O2/c1-18(2)16(20)12-19-8-6-14-10-13(4-5-15(14)19)11-17-7-9-21-3/h4-6,8,10,17H,7,9,11-12H2,1-3H3. The number of benzene rings is 1. The number of fused-ring (bicyclic) bond motifs is 1.